The molecule has 0 heterocycles. The van der Waals surface area contributed by atoms with E-state index in [4.69, 9.17) is 5.41 Å². The predicted octanol–water partition coefficient (Wildman–Crippen LogP) is 4.07. The van der Waals surface area contributed by atoms with E-state index in [-0.39, 0.29) is 11.5 Å². The zero-order chi connectivity index (χ0) is 14.3. The van der Waals surface area contributed by atoms with Crippen molar-refractivity contribution in [1.29, 1.82) is 5.41 Å². The van der Waals surface area contributed by atoms with Crippen molar-refractivity contribution in [1.82, 2.24) is 0 Å². The molecular weight excluding hydrogens is 267 g/mol. The Morgan fingerprint density at radius 2 is 1.84 bits per heavy atom. The third-order valence-electron chi connectivity index (χ3n) is 2.24. The van der Waals surface area contributed by atoms with Crippen LogP contribution in [0.25, 0.3) is 11.1 Å². The van der Waals surface area contributed by atoms with Gasteiger partial charge in [0.05, 0.1) is 10.1 Å². The molecule has 2 aromatic rings. The van der Waals surface area contributed by atoms with E-state index in [9.17, 15) is 14.5 Å². The zero-order valence-corrected chi connectivity index (χ0v) is 10.5. The van der Waals surface area contributed by atoms with Crippen molar-refractivity contribution in [3.63, 3.8) is 0 Å². The molecule has 0 aromatic heterocycles. The largest absolute Gasteiger partial charge is 0.270 e. The van der Waals surface area contributed by atoms with E-state index in [1.807, 2.05) is 0 Å². The van der Waals surface area contributed by atoms with E-state index >= 15 is 0 Å². The number of nitro groups is 1. The molecule has 0 spiro atoms. The Balaban J connectivity index is 0.000000550. The number of hydrogen-bond acceptors (Lipinski definition) is 4. The van der Waals surface area contributed by atoms with E-state index in [0.29, 0.717) is 11.1 Å². The molecule has 6 heteroatoms. The maximum atomic E-state index is 13.4. The molecule has 0 saturated carbocycles. The number of isothiocyanates is 1. The fourth-order valence-corrected chi connectivity index (χ4v) is 1.48. The van der Waals surface area contributed by atoms with Gasteiger partial charge in [0.2, 0.25) is 0 Å². The first-order valence-corrected chi connectivity index (χ1v) is 5.54. The maximum absolute atomic E-state index is 13.4. The van der Waals surface area contributed by atoms with Gasteiger partial charge < -0.3 is 0 Å². The summed E-state index contributed by atoms with van der Waals surface area (Å²) in [7, 11) is 0. The normalized spacial score (nSPS) is 8.89. The minimum atomic E-state index is -0.496. The average molecular weight is 276 g/mol. The molecule has 0 radical (unpaired) electrons. The Kier molecular flexibility index (Phi) is 5.47. The topological polar surface area (TPSA) is 67.0 Å². The van der Waals surface area contributed by atoms with Gasteiger partial charge in [0.15, 0.2) is 0 Å². The van der Waals surface area contributed by atoms with E-state index in [0.717, 1.165) is 0 Å². The number of halogens is 1. The zero-order valence-electron chi connectivity index (χ0n) is 9.67. The smallest absolute Gasteiger partial charge is 0.258 e. The SMILES string of the molecule is N=C=S.O=[N+]([O-])c1cccc(-c2ccccc2F)c1. The van der Waals surface area contributed by atoms with Crippen molar-refractivity contribution >= 4 is 23.1 Å². The molecular formula is C13H9FN2O2S. The van der Waals surface area contributed by atoms with Crippen LogP contribution in [0.15, 0.2) is 48.5 Å². The molecule has 0 saturated heterocycles. The second-order valence-corrected chi connectivity index (χ2v) is 3.59. The Morgan fingerprint density at radius 3 is 2.42 bits per heavy atom. The summed E-state index contributed by atoms with van der Waals surface area (Å²) in [4.78, 5) is 10.1. The molecule has 0 atom stereocenters. The number of nitrogens with one attached hydrogen (secondary N) is 1. The first-order valence-electron chi connectivity index (χ1n) is 5.13. The van der Waals surface area contributed by atoms with Gasteiger partial charge in [-0.1, -0.05) is 30.3 Å². The minimum Gasteiger partial charge on any atom is -0.258 e. The van der Waals surface area contributed by atoms with Gasteiger partial charge in [0, 0.05) is 17.7 Å². The molecule has 4 nitrogen and oxygen atoms in total. The van der Waals surface area contributed by atoms with Crippen molar-refractivity contribution in [2.24, 2.45) is 0 Å². The minimum absolute atomic E-state index is 0.0410. The molecule has 96 valence electrons. The summed E-state index contributed by atoms with van der Waals surface area (Å²) in [5.74, 6) is -0.386. The van der Waals surface area contributed by atoms with Crippen molar-refractivity contribution in [3.05, 3.63) is 64.5 Å². The Bertz CT molecular complexity index is 626. The maximum Gasteiger partial charge on any atom is 0.270 e. The van der Waals surface area contributed by atoms with Crippen LogP contribution in [0.5, 0.6) is 0 Å². The van der Waals surface area contributed by atoms with Crippen molar-refractivity contribution in [3.8, 4) is 11.1 Å². The average Bonchev–Trinajstić information content (AvgIpc) is 2.40. The Morgan fingerprint density at radius 1 is 1.21 bits per heavy atom. The fraction of sp³-hybridized carbons (Fsp3) is 0. The van der Waals surface area contributed by atoms with Crippen LogP contribution >= 0.6 is 12.2 Å². The third kappa shape index (κ3) is 4.06. The highest BCUT2D eigenvalue weighted by atomic mass is 32.1. The van der Waals surface area contributed by atoms with Gasteiger partial charge in [0.25, 0.3) is 5.69 Å². The second-order valence-electron chi connectivity index (χ2n) is 3.39. The van der Waals surface area contributed by atoms with Crippen LogP contribution < -0.4 is 0 Å². The molecule has 2 rings (SSSR count). The fourth-order valence-electron chi connectivity index (χ4n) is 1.48. The monoisotopic (exact) mass is 276 g/mol. The number of benzene rings is 2. The van der Waals surface area contributed by atoms with E-state index < -0.39 is 4.92 Å². The highest BCUT2D eigenvalue weighted by molar-refractivity contribution is 7.78. The number of thiocarbonyl (C=S) groups is 1. The third-order valence-corrected chi connectivity index (χ3v) is 2.24. The highest BCUT2D eigenvalue weighted by Gasteiger charge is 2.09. The van der Waals surface area contributed by atoms with Crippen molar-refractivity contribution in [2.45, 2.75) is 0 Å². The van der Waals surface area contributed by atoms with Crippen molar-refractivity contribution in [2.75, 3.05) is 0 Å². The lowest BCUT2D eigenvalue weighted by Crippen LogP contribution is -1.89. The molecule has 0 fully saturated rings. The van der Waals surface area contributed by atoms with Gasteiger partial charge >= 0.3 is 0 Å². The summed E-state index contributed by atoms with van der Waals surface area (Å²) in [6, 6.07) is 12.1. The lowest BCUT2D eigenvalue weighted by molar-refractivity contribution is -0.384. The molecule has 0 amide bonds. The lowest BCUT2D eigenvalue weighted by Gasteiger charge is -2.02. The van der Waals surface area contributed by atoms with Crippen LogP contribution in [0.3, 0.4) is 0 Å². The summed E-state index contributed by atoms with van der Waals surface area (Å²) in [5.41, 5.74) is 0.833. The van der Waals surface area contributed by atoms with E-state index in [1.165, 1.54) is 18.2 Å². The number of hydrogen-bond donors (Lipinski definition) is 1. The standard InChI is InChI=1S/C12H8FNO2.CHNS/c13-12-7-2-1-6-11(12)9-4-3-5-10(8-9)14(15)16;2-1-3/h1-8H;2H. The summed E-state index contributed by atoms with van der Waals surface area (Å²) in [6.07, 6.45) is 0. The van der Waals surface area contributed by atoms with Crippen molar-refractivity contribution < 1.29 is 9.31 Å². The van der Waals surface area contributed by atoms with Crippen LogP contribution in [0, 0.1) is 21.3 Å². The number of non-ortho nitro benzene ring substituents is 1. The molecule has 0 unspecified atom stereocenters. The van der Waals surface area contributed by atoms with Gasteiger partial charge in [-0.05, 0) is 23.8 Å². The van der Waals surface area contributed by atoms with Gasteiger partial charge in [-0.2, -0.15) is 0 Å². The molecule has 0 aliphatic heterocycles. The summed E-state index contributed by atoms with van der Waals surface area (Å²) in [5, 5.41) is 17.9. The van der Waals surface area contributed by atoms with Crippen LogP contribution in [0.4, 0.5) is 10.1 Å². The number of nitrogens with zero attached hydrogens (tertiary/aromatic N) is 1. The lowest BCUT2D eigenvalue weighted by atomic mass is 10.0. The van der Waals surface area contributed by atoms with E-state index in [2.05, 4.69) is 12.2 Å². The van der Waals surface area contributed by atoms with Gasteiger partial charge in [-0.25, -0.2) is 9.80 Å². The number of rotatable bonds is 2. The first kappa shape index (κ1) is 14.6. The summed E-state index contributed by atoms with van der Waals surface area (Å²) < 4.78 is 13.4. The molecule has 0 aliphatic rings. The van der Waals surface area contributed by atoms with Crippen LogP contribution in [-0.4, -0.2) is 10.1 Å². The summed E-state index contributed by atoms with van der Waals surface area (Å²) >= 11 is 3.81. The van der Waals surface area contributed by atoms with Gasteiger partial charge in [-0.15, -0.1) is 0 Å². The molecule has 0 aliphatic carbocycles. The van der Waals surface area contributed by atoms with Gasteiger partial charge in [-0.3, -0.25) is 10.1 Å². The molecule has 0 bridgehead atoms. The predicted molar refractivity (Wildman–Crippen MR) is 73.8 cm³/mol. The second kappa shape index (κ2) is 7.10. The highest BCUT2D eigenvalue weighted by Crippen LogP contribution is 2.25. The van der Waals surface area contributed by atoms with E-state index in [1.54, 1.807) is 35.5 Å². The van der Waals surface area contributed by atoms with Gasteiger partial charge in [0.1, 0.15) is 5.82 Å². The Labute approximate surface area is 114 Å². The molecule has 19 heavy (non-hydrogen) atoms. The Hall–Kier alpha value is -2.43. The number of nitro benzene ring substituents is 1. The molecule has 1 N–H and O–H groups in total. The molecule has 2 aromatic carbocycles. The van der Waals surface area contributed by atoms with Crippen LogP contribution in [0.1, 0.15) is 0 Å². The first-order chi connectivity index (χ1) is 9.10. The van der Waals surface area contributed by atoms with Crippen LogP contribution in [0.2, 0.25) is 0 Å². The van der Waals surface area contributed by atoms with Crippen LogP contribution in [-0.2, 0) is 0 Å². The quantitative estimate of drug-likeness (QED) is 0.389. The summed E-state index contributed by atoms with van der Waals surface area (Å²) in [6.45, 7) is 0.